The second-order valence-corrected chi connectivity index (χ2v) is 4.40. The summed E-state index contributed by atoms with van der Waals surface area (Å²) in [5.74, 6) is 0.839. The van der Waals surface area contributed by atoms with Gasteiger partial charge in [0.25, 0.3) is 0 Å². The molecule has 0 amide bonds. The summed E-state index contributed by atoms with van der Waals surface area (Å²) >= 11 is 0. The number of aromatic nitrogens is 2. The van der Waals surface area contributed by atoms with E-state index in [-0.39, 0.29) is 0 Å². The molecule has 0 saturated carbocycles. The standard InChI is InChI=1S/C15H19N3/c1-5-12-7-6-8-13(9-12)14-15(16-4)18-11(3)10(2)17-14/h6-9H,5H2,1-4H3,(H,16,18). The summed E-state index contributed by atoms with van der Waals surface area (Å²) in [4.78, 5) is 9.21. The van der Waals surface area contributed by atoms with Crippen LogP contribution in [0.3, 0.4) is 0 Å². The first kappa shape index (κ1) is 12.6. The summed E-state index contributed by atoms with van der Waals surface area (Å²) in [5, 5.41) is 3.13. The van der Waals surface area contributed by atoms with Gasteiger partial charge < -0.3 is 5.32 Å². The van der Waals surface area contributed by atoms with Crippen molar-refractivity contribution in [1.29, 1.82) is 0 Å². The highest BCUT2D eigenvalue weighted by molar-refractivity contribution is 5.72. The topological polar surface area (TPSA) is 37.8 Å². The molecule has 0 spiro atoms. The van der Waals surface area contributed by atoms with Crippen LogP contribution in [-0.2, 0) is 6.42 Å². The summed E-state index contributed by atoms with van der Waals surface area (Å²) in [5.41, 5.74) is 5.31. The van der Waals surface area contributed by atoms with E-state index in [1.165, 1.54) is 5.56 Å². The van der Waals surface area contributed by atoms with Crippen molar-refractivity contribution in [2.24, 2.45) is 0 Å². The Morgan fingerprint density at radius 1 is 1.11 bits per heavy atom. The Balaban J connectivity index is 2.58. The van der Waals surface area contributed by atoms with E-state index in [1.807, 2.05) is 20.9 Å². The molecule has 0 unspecified atom stereocenters. The molecule has 1 N–H and O–H groups in total. The normalized spacial score (nSPS) is 10.4. The molecule has 0 fully saturated rings. The molecule has 0 aliphatic heterocycles. The number of anilines is 1. The van der Waals surface area contributed by atoms with Crippen molar-refractivity contribution in [2.45, 2.75) is 27.2 Å². The zero-order chi connectivity index (χ0) is 13.1. The Kier molecular flexibility index (Phi) is 3.60. The minimum Gasteiger partial charge on any atom is -0.371 e. The van der Waals surface area contributed by atoms with Crippen molar-refractivity contribution >= 4 is 5.82 Å². The molecule has 3 heteroatoms. The Morgan fingerprint density at radius 2 is 1.83 bits per heavy atom. The lowest BCUT2D eigenvalue weighted by Crippen LogP contribution is -2.03. The maximum atomic E-state index is 4.66. The fourth-order valence-electron chi connectivity index (χ4n) is 1.92. The van der Waals surface area contributed by atoms with E-state index in [0.29, 0.717) is 0 Å². The van der Waals surface area contributed by atoms with Crippen LogP contribution < -0.4 is 5.32 Å². The van der Waals surface area contributed by atoms with Crippen molar-refractivity contribution in [1.82, 2.24) is 9.97 Å². The van der Waals surface area contributed by atoms with Crippen LogP contribution in [0.1, 0.15) is 23.9 Å². The van der Waals surface area contributed by atoms with Crippen LogP contribution in [-0.4, -0.2) is 17.0 Å². The quantitative estimate of drug-likeness (QED) is 0.895. The molecule has 18 heavy (non-hydrogen) atoms. The van der Waals surface area contributed by atoms with Gasteiger partial charge in [-0.3, -0.25) is 0 Å². The lowest BCUT2D eigenvalue weighted by molar-refractivity contribution is 1.05. The summed E-state index contributed by atoms with van der Waals surface area (Å²) in [7, 11) is 1.88. The van der Waals surface area contributed by atoms with E-state index >= 15 is 0 Å². The van der Waals surface area contributed by atoms with Crippen LogP contribution in [0, 0.1) is 13.8 Å². The van der Waals surface area contributed by atoms with Gasteiger partial charge in [-0.2, -0.15) is 0 Å². The van der Waals surface area contributed by atoms with Crippen LogP contribution >= 0.6 is 0 Å². The molecule has 0 atom stereocenters. The number of nitrogens with zero attached hydrogens (tertiary/aromatic N) is 2. The first-order chi connectivity index (χ1) is 8.65. The smallest absolute Gasteiger partial charge is 0.152 e. The predicted octanol–water partition coefficient (Wildman–Crippen LogP) is 3.36. The van der Waals surface area contributed by atoms with Crippen molar-refractivity contribution in [3.8, 4) is 11.3 Å². The van der Waals surface area contributed by atoms with Crippen molar-refractivity contribution in [3.63, 3.8) is 0 Å². The Labute approximate surface area is 108 Å². The number of benzene rings is 1. The van der Waals surface area contributed by atoms with Crippen LogP contribution in [0.5, 0.6) is 0 Å². The van der Waals surface area contributed by atoms with E-state index in [4.69, 9.17) is 0 Å². The molecule has 3 nitrogen and oxygen atoms in total. The number of nitrogens with one attached hydrogen (secondary N) is 1. The van der Waals surface area contributed by atoms with Crippen LogP contribution in [0.15, 0.2) is 24.3 Å². The van der Waals surface area contributed by atoms with Gasteiger partial charge in [-0.05, 0) is 31.9 Å². The van der Waals surface area contributed by atoms with Gasteiger partial charge in [-0.25, -0.2) is 9.97 Å². The van der Waals surface area contributed by atoms with Crippen molar-refractivity contribution in [3.05, 3.63) is 41.2 Å². The van der Waals surface area contributed by atoms with Gasteiger partial charge in [0.15, 0.2) is 5.82 Å². The largest absolute Gasteiger partial charge is 0.371 e. The molecule has 0 radical (unpaired) electrons. The van der Waals surface area contributed by atoms with Crippen LogP contribution in [0.4, 0.5) is 5.82 Å². The monoisotopic (exact) mass is 241 g/mol. The molecule has 2 rings (SSSR count). The molecule has 1 aromatic heterocycles. The molecular weight excluding hydrogens is 222 g/mol. The van der Waals surface area contributed by atoms with Crippen molar-refractivity contribution in [2.75, 3.05) is 12.4 Å². The number of aryl methyl sites for hydroxylation is 3. The highest BCUT2D eigenvalue weighted by Gasteiger charge is 2.10. The van der Waals surface area contributed by atoms with Crippen LogP contribution in [0.25, 0.3) is 11.3 Å². The summed E-state index contributed by atoms with van der Waals surface area (Å²) in [6.45, 7) is 6.13. The average molecular weight is 241 g/mol. The van der Waals surface area contributed by atoms with Crippen molar-refractivity contribution < 1.29 is 0 Å². The molecular formula is C15H19N3. The van der Waals surface area contributed by atoms with E-state index < -0.39 is 0 Å². The minimum atomic E-state index is 0.839. The lowest BCUT2D eigenvalue weighted by Gasteiger charge is -2.11. The second kappa shape index (κ2) is 5.17. The maximum Gasteiger partial charge on any atom is 0.152 e. The highest BCUT2D eigenvalue weighted by atomic mass is 15.0. The lowest BCUT2D eigenvalue weighted by atomic mass is 10.1. The van der Waals surface area contributed by atoms with E-state index in [0.717, 1.165) is 34.9 Å². The second-order valence-electron chi connectivity index (χ2n) is 4.40. The first-order valence-corrected chi connectivity index (χ1v) is 6.28. The maximum absolute atomic E-state index is 4.66. The fraction of sp³-hybridized carbons (Fsp3) is 0.333. The highest BCUT2D eigenvalue weighted by Crippen LogP contribution is 2.26. The number of hydrogen-bond acceptors (Lipinski definition) is 3. The molecule has 1 aromatic carbocycles. The molecule has 0 aliphatic carbocycles. The van der Waals surface area contributed by atoms with Gasteiger partial charge in [0.1, 0.15) is 5.69 Å². The van der Waals surface area contributed by atoms with E-state index in [1.54, 1.807) is 0 Å². The van der Waals surface area contributed by atoms with Gasteiger partial charge in [0.05, 0.1) is 11.4 Å². The first-order valence-electron chi connectivity index (χ1n) is 6.28. The molecule has 0 aliphatic rings. The summed E-state index contributed by atoms with van der Waals surface area (Å²) < 4.78 is 0. The third-order valence-electron chi connectivity index (χ3n) is 3.15. The molecule has 0 bridgehead atoms. The molecule has 0 saturated heterocycles. The summed E-state index contributed by atoms with van der Waals surface area (Å²) in [6.07, 6.45) is 1.03. The Bertz CT molecular complexity index is 562. The van der Waals surface area contributed by atoms with Gasteiger partial charge in [-0.1, -0.05) is 25.1 Å². The van der Waals surface area contributed by atoms with E-state index in [9.17, 15) is 0 Å². The summed E-state index contributed by atoms with van der Waals surface area (Å²) in [6, 6.07) is 8.47. The van der Waals surface area contributed by atoms with Gasteiger partial charge in [0.2, 0.25) is 0 Å². The fourth-order valence-corrected chi connectivity index (χ4v) is 1.92. The van der Waals surface area contributed by atoms with Gasteiger partial charge in [-0.15, -0.1) is 0 Å². The van der Waals surface area contributed by atoms with Crippen LogP contribution in [0.2, 0.25) is 0 Å². The zero-order valence-electron chi connectivity index (χ0n) is 11.4. The SMILES string of the molecule is CCc1cccc(-c2nc(C)c(C)nc2NC)c1. The van der Waals surface area contributed by atoms with Gasteiger partial charge in [0, 0.05) is 12.6 Å². The third-order valence-corrected chi connectivity index (χ3v) is 3.15. The number of hydrogen-bond donors (Lipinski definition) is 1. The Morgan fingerprint density at radius 3 is 2.50 bits per heavy atom. The number of rotatable bonds is 3. The third kappa shape index (κ3) is 2.35. The van der Waals surface area contributed by atoms with Gasteiger partial charge >= 0.3 is 0 Å². The average Bonchev–Trinajstić information content (AvgIpc) is 2.41. The predicted molar refractivity (Wildman–Crippen MR) is 75.9 cm³/mol. The minimum absolute atomic E-state index is 0.839. The molecule has 1 heterocycles. The molecule has 2 aromatic rings. The zero-order valence-corrected chi connectivity index (χ0v) is 11.4. The van der Waals surface area contributed by atoms with E-state index in [2.05, 4.69) is 46.5 Å². The Hall–Kier alpha value is -1.90. The molecule has 94 valence electrons.